The predicted octanol–water partition coefficient (Wildman–Crippen LogP) is 3.63. The summed E-state index contributed by atoms with van der Waals surface area (Å²) in [6, 6.07) is 6.04. The number of carboxylic acids is 1. The minimum Gasteiger partial charge on any atom is -0.478 e. The fourth-order valence-electron chi connectivity index (χ4n) is 1.74. The highest BCUT2D eigenvalue weighted by Gasteiger charge is 2.20. The molecule has 5 nitrogen and oxygen atoms in total. The van der Waals surface area contributed by atoms with Gasteiger partial charge in [-0.15, -0.1) is 11.3 Å². The van der Waals surface area contributed by atoms with Gasteiger partial charge in [0.15, 0.2) is 0 Å². The van der Waals surface area contributed by atoms with Crippen LogP contribution in [0.5, 0.6) is 0 Å². The Balaban J connectivity index is 2.42. The first-order valence-corrected chi connectivity index (χ1v) is 8.93. The summed E-state index contributed by atoms with van der Waals surface area (Å²) >= 11 is 4.39. The monoisotopic (exact) mass is 389 g/mol. The molecule has 0 radical (unpaired) electrons. The molecule has 0 aliphatic heterocycles. The van der Waals surface area contributed by atoms with Gasteiger partial charge in [0.05, 0.1) is 15.0 Å². The van der Waals surface area contributed by atoms with Crippen molar-refractivity contribution in [2.24, 2.45) is 0 Å². The number of thiophene rings is 1. The second-order valence-electron chi connectivity index (χ2n) is 4.41. The van der Waals surface area contributed by atoms with E-state index < -0.39 is 16.0 Å². The molecule has 1 aromatic carbocycles. The molecule has 1 heterocycles. The van der Waals surface area contributed by atoms with Crippen molar-refractivity contribution in [3.63, 3.8) is 0 Å². The quantitative estimate of drug-likeness (QED) is 0.835. The van der Waals surface area contributed by atoms with Gasteiger partial charge in [0.25, 0.3) is 10.0 Å². The molecule has 2 N–H and O–H groups in total. The zero-order valence-electron chi connectivity index (χ0n) is 11.2. The SMILES string of the molecule is Cc1cc(S(=O)(=O)Nc2cccc(C(=O)O)c2C)sc1Br. The van der Waals surface area contributed by atoms with Gasteiger partial charge >= 0.3 is 5.97 Å². The molecule has 0 amide bonds. The van der Waals surface area contributed by atoms with Crippen LogP contribution in [0.4, 0.5) is 5.69 Å². The molecule has 0 aliphatic rings. The first-order valence-electron chi connectivity index (χ1n) is 5.84. The molecule has 112 valence electrons. The van der Waals surface area contributed by atoms with Crippen molar-refractivity contribution in [3.05, 3.63) is 44.7 Å². The van der Waals surface area contributed by atoms with Crippen LogP contribution in [0.1, 0.15) is 21.5 Å². The molecule has 2 aromatic rings. The number of carboxylic acid groups (broad SMARTS) is 1. The minimum absolute atomic E-state index is 0.0683. The van der Waals surface area contributed by atoms with Crippen molar-refractivity contribution in [1.29, 1.82) is 0 Å². The number of nitrogens with one attached hydrogen (secondary N) is 1. The van der Waals surface area contributed by atoms with Crippen LogP contribution in [0, 0.1) is 13.8 Å². The van der Waals surface area contributed by atoms with E-state index in [4.69, 9.17) is 5.11 Å². The van der Waals surface area contributed by atoms with Gasteiger partial charge in [0, 0.05) is 0 Å². The minimum atomic E-state index is -3.73. The van der Waals surface area contributed by atoms with Crippen LogP contribution >= 0.6 is 27.3 Å². The first-order chi connectivity index (χ1) is 9.72. The highest BCUT2D eigenvalue weighted by atomic mass is 79.9. The Morgan fingerprint density at radius 1 is 1.33 bits per heavy atom. The van der Waals surface area contributed by atoms with Gasteiger partial charge in [0.2, 0.25) is 0 Å². The largest absolute Gasteiger partial charge is 0.478 e. The Bertz CT molecular complexity index is 792. The Morgan fingerprint density at radius 3 is 2.52 bits per heavy atom. The number of halogens is 1. The van der Waals surface area contributed by atoms with Crippen molar-refractivity contribution >= 4 is 48.9 Å². The summed E-state index contributed by atoms with van der Waals surface area (Å²) in [7, 11) is -3.73. The lowest BCUT2D eigenvalue weighted by Crippen LogP contribution is -2.13. The average Bonchev–Trinajstić information content (AvgIpc) is 2.72. The molecule has 2 rings (SSSR count). The molecule has 0 atom stereocenters. The summed E-state index contributed by atoms with van der Waals surface area (Å²) in [4.78, 5) is 11.1. The van der Waals surface area contributed by atoms with Crippen LogP contribution in [0.3, 0.4) is 0 Å². The van der Waals surface area contributed by atoms with Crippen LogP contribution in [-0.4, -0.2) is 19.5 Å². The molecule has 0 fully saturated rings. The normalized spacial score (nSPS) is 11.4. The maximum absolute atomic E-state index is 12.3. The van der Waals surface area contributed by atoms with E-state index in [0.717, 1.165) is 20.7 Å². The number of hydrogen-bond donors (Lipinski definition) is 2. The van der Waals surface area contributed by atoms with Crippen molar-refractivity contribution in [2.45, 2.75) is 18.1 Å². The van der Waals surface area contributed by atoms with Gasteiger partial charge < -0.3 is 5.11 Å². The number of anilines is 1. The number of benzene rings is 1. The molecule has 8 heteroatoms. The topological polar surface area (TPSA) is 83.5 Å². The van der Waals surface area contributed by atoms with Gasteiger partial charge in [0.1, 0.15) is 4.21 Å². The third kappa shape index (κ3) is 3.28. The van der Waals surface area contributed by atoms with Crippen LogP contribution in [0.25, 0.3) is 0 Å². The van der Waals surface area contributed by atoms with Gasteiger partial charge in [-0.2, -0.15) is 0 Å². The Labute approximate surface area is 134 Å². The van der Waals surface area contributed by atoms with E-state index >= 15 is 0 Å². The molecule has 0 bridgehead atoms. The summed E-state index contributed by atoms with van der Waals surface area (Å²) in [5.41, 5.74) is 1.54. The van der Waals surface area contributed by atoms with Crippen molar-refractivity contribution < 1.29 is 18.3 Å². The second-order valence-corrected chi connectivity index (χ2v) is 8.69. The van der Waals surface area contributed by atoms with E-state index in [0.29, 0.717) is 5.56 Å². The number of carbonyl (C=O) groups is 1. The van der Waals surface area contributed by atoms with Crippen molar-refractivity contribution in [2.75, 3.05) is 4.72 Å². The Morgan fingerprint density at radius 2 is 2.00 bits per heavy atom. The number of aryl methyl sites for hydroxylation is 1. The van der Waals surface area contributed by atoms with Crippen LogP contribution in [0.2, 0.25) is 0 Å². The lowest BCUT2D eigenvalue weighted by molar-refractivity contribution is 0.0696. The van der Waals surface area contributed by atoms with Crippen molar-refractivity contribution in [1.82, 2.24) is 0 Å². The molecule has 21 heavy (non-hydrogen) atoms. The van der Waals surface area contributed by atoms with Crippen LogP contribution in [-0.2, 0) is 10.0 Å². The Hall–Kier alpha value is -1.38. The summed E-state index contributed by atoms with van der Waals surface area (Å²) < 4.78 is 28.0. The summed E-state index contributed by atoms with van der Waals surface area (Å²) in [6.07, 6.45) is 0. The standard InChI is InChI=1S/C13H12BrNO4S2/c1-7-6-11(20-12(7)14)21(18,19)15-10-5-3-4-9(8(10)2)13(16)17/h3-6,15H,1-2H3,(H,16,17). The maximum Gasteiger partial charge on any atom is 0.336 e. The number of sulfonamides is 1. The fourth-order valence-corrected chi connectivity index (χ4v) is 5.09. The summed E-state index contributed by atoms with van der Waals surface area (Å²) in [6.45, 7) is 3.37. The molecule has 0 unspecified atom stereocenters. The van der Waals surface area contributed by atoms with Gasteiger partial charge in [-0.05, 0) is 59.1 Å². The number of aromatic carboxylic acids is 1. The van der Waals surface area contributed by atoms with E-state index in [2.05, 4.69) is 20.7 Å². The third-order valence-corrected chi connectivity index (χ3v) is 6.88. The molecular formula is C13H12BrNO4S2. The zero-order valence-corrected chi connectivity index (χ0v) is 14.4. The van der Waals surface area contributed by atoms with E-state index in [1.807, 2.05) is 0 Å². The molecule has 0 spiro atoms. The van der Waals surface area contributed by atoms with E-state index in [1.54, 1.807) is 19.9 Å². The van der Waals surface area contributed by atoms with Gasteiger partial charge in [-0.25, -0.2) is 13.2 Å². The third-order valence-electron chi connectivity index (χ3n) is 2.91. The van der Waals surface area contributed by atoms with E-state index in [-0.39, 0.29) is 15.5 Å². The zero-order chi connectivity index (χ0) is 15.8. The molecular weight excluding hydrogens is 378 g/mol. The van der Waals surface area contributed by atoms with E-state index in [1.165, 1.54) is 18.2 Å². The van der Waals surface area contributed by atoms with Crippen molar-refractivity contribution in [3.8, 4) is 0 Å². The smallest absolute Gasteiger partial charge is 0.336 e. The average molecular weight is 390 g/mol. The fraction of sp³-hybridized carbons (Fsp3) is 0.154. The van der Waals surface area contributed by atoms with E-state index in [9.17, 15) is 13.2 Å². The predicted molar refractivity (Wildman–Crippen MR) is 85.7 cm³/mol. The summed E-state index contributed by atoms with van der Waals surface area (Å²) in [5, 5.41) is 9.06. The first kappa shape index (κ1) is 16.0. The highest BCUT2D eigenvalue weighted by molar-refractivity contribution is 9.11. The Kier molecular flexibility index (Phi) is 4.40. The number of rotatable bonds is 4. The lowest BCUT2D eigenvalue weighted by Gasteiger charge is -2.11. The molecule has 0 aliphatic carbocycles. The van der Waals surface area contributed by atoms with Gasteiger partial charge in [-0.1, -0.05) is 6.07 Å². The summed E-state index contributed by atoms with van der Waals surface area (Å²) in [5.74, 6) is -1.09. The molecule has 0 saturated heterocycles. The highest BCUT2D eigenvalue weighted by Crippen LogP contribution is 2.32. The molecule has 0 saturated carbocycles. The molecule has 1 aromatic heterocycles. The lowest BCUT2D eigenvalue weighted by atomic mass is 10.1. The maximum atomic E-state index is 12.3. The second kappa shape index (κ2) is 5.78. The van der Waals surface area contributed by atoms with Crippen LogP contribution < -0.4 is 4.72 Å². The van der Waals surface area contributed by atoms with Crippen LogP contribution in [0.15, 0.2) is 32.3 Å². The van der Waals surface area contributed by atoms with Gasteiger partial charge in [-0.3, -0.25) is 4.72 Å². The number of hydrogen-bond acceptors (Lipinski definition) is 4.